The predicted molar refractivity (Wildman–Crippen MR) is 130 cm³/mol. The lowest BCUT2D eigenvalue weighted by Gasteiger charge is -2.27. The number of aliphatic hydroxyl groups excluding tert-OH is 1. The zero-order valence-corrected chi connectivity index (χ0v) is 20.9. The van der Waals surface area contributed by atoms with E-state index in [-0.39, 0.29) is 28.5 Å². The quantitative estimate of drug-likeness (QED) is 0.193. The molecule has 1 unspecified atom stereocenters. The van der Waals surface area contributed by atoms with Gasteiger partial charge in [0.1, 0.15) is 11.5 Å². The first kappa shape index (κ1) is 26.1. The van der Waals surface area contributed by atoms with Crippen molar-refractivity contribution < 1.29 is 33.7 Å². The van der Waals surface area contributed by atoms with E-state index in [4.69, 9.17) is 25.8 Å². The monoisotopic (exact) mass is 502 g/mol. The normalized spacial score (nSPS) is 17.1. The number of ketones is 1. The van der Waals surface area contributed by atoms with Crippen molar-refractivity contribution in [3.63, 3.8) is 0 Å². The smallest absolute Gasteiger partial charge is 0.308 e. The highest BCUT2D eigenvalue weighted by Gasteiger charge is 2.46. The van der Waals surface area contributed by atoms with E-state index < -0.39 is 29.5 Å². The first-order valence-corrected chi connectivity index (χ1v) is 11.1. The highest BCUT2D eigenvalue weighted by Crippen LogP contribution is 2.43. The zero-order valence-electron chi connectivity index (χ0n) is 20.1. The summed E-state index contributed by atoms with van der Waals surface area (Å²) in [4.78, 5) is 41.2. The van der Waals surface area contributed by atoms with Gasteiger partial charge >= 0.3 is 5.97 Å². The highest BCUT2D eigenvalue weighted by molar-refractivity contribution is 6.47. The van der Waals surface area contributed by atoms with E-state index >= 15 is 0 Å². The van der Waals surface area contributed by atoms with E-state index in [0.717, 1.165) is 0 Å². The van der Waals surface area contributed by atoms with Crippen LogP contribution < -0.4 is 14.2 Å². The number of amides is 1. The molecular formula is C25H27ClN2O7. The summed E-state index contributed by atoms with van der Waals surface area (Å²) in [5.41, 5.74) is 0.457. The number of Topliss-reactive ketones (excluding diaryl/α,β-unsaturated/α-hetero) is 1. The van der Waals surface area contributed by atoms with Crippen LogP contribution in [-0.2, 0) is 14.4 Å². The van der Waals surface area contributed by atoms with E-state index in [0.29, 0.717) is 23.6 Å². The molecule has 0 saturated carbocycles. The zero-order chi connectivity index (χ0) is 25.9. The summed E-state index contributed by atoms with van der Waals surface area (Å²) >= 11 is 6.33. The molecule has 0 radical (unpaired) electrons. The maximum atomic E-state index is 13.2. The number of likely N-dealkylation sites (N-methyl/N-ethyl adjacent to an activating group) is 1. The summed E-state index contributed by atoms with van der Waals surface area (Å²) in [7, 11) is 6.57. The maximum Gasteiger partial charge on any atom is 0.308 e. The van der Waals surface area contributed by atoms with Crippen molar-refractivity contribution in [3.8, 4) is 17.2 Å². The number of carbonyl (C=O) groups excluding carboxylic acids is 3. The van der Waals surface area contributed by atoms with E-state index in [1.165, 1.54) is 44.2 Å². The Balaban J connectivity index is 2.24. The van der Waals surface area contributed by atoms with Crippen molar-refractivity contribution >= 4 is 35.0 Å². The average Bonchev–Trinajstić information content (AvgIpc) is 3.07. The minimum Gasteiger partial charge on any atom is -0.507 e. The molecule has 10 heteroatoms. The summed E-state index contributed by atoms with van der Waals surface area (Å²) < 4.78 is 15.8. The molecule has 2 aromatic carbocycles. The Labute approximate surface area is 208 Å². The van der Waals surface area contributed by atoms with Crippen LogP contribution in [-0.4, -0.2) is 74.0 Å². The molecule has 0 aliphatic carbocycles. The minimum atomic E-state index is -0.961. The number of methoxy groups -OCH3 is 2. The van der Waals surface area contributed by atoms with Crippen LogP contribution >= 0.6 is 11.6 Å². The number of nitrogens with zero attached hydrogens (tertiary/aromatic N) is 2. The molecule has 1 fully saturated rings. The van der Waals surface area contributed by atoms with Crippen molar-refractivity contribution in [2.45, 2.75) is 13.0 Å². The topological polar surface area (TPSA) is 106 Å². The summed E-state index contributed by atoms with van der Waals surface area (Å²) in [5.74, 6) is -1.78. The van der Waals surface area contributed by atoms with Crippen LogP contribution in [0.4, 0.5) is 0 Å². The number of hydrogen-bond acceptors (Lipinski definition) is 8. The molecule has 1 atom stereocenters. The number of carbonyl (C=O) groups is 3. The Bertz CT molecular complexity index is 1190. The Morgan fingerprint density at radius 3 is 2.40 bits per heavy atom. The fourth-order valence-corrected chi connectivity index (χ4v) is 4.03. The molecule has 9 nitrogen and oxygen atoms in total. The molecule has 1 aliphatic rings. The molecule has 35 heavy (non-hydrogen) atoms. The van der Waals surface area contributed by atoms with E-state index in [1.54, 1.807) is 18.2 Å². The van der Waals surface area contributed by atoms with Crippen molar-refractivity contribution in [3.05, 3.63) is 58.1 Å². The van der Waals surface area contributed by atoms with Gasteiger partial charge in [-0.05, 0) is 50.0 Å². The first-order valence-electron chi connectivity index (χ1n) is 10.7. The molecule has 1 amide bonds. The molecule has 0 bridgehead atoms. The molecule has 0 spiro atoms. The van der Waals surface area contributed by atoms with Crippen LogP contribution in [0.15, 0.2) is 42.0 Å². The van der Waals surface area contributed by atoms with Gasteiger partial charge in [0.15, 0.2) is 11.5 Å². The third kappa shape index (κ3) is 5.41. The van der Waals surface area contributed by atoms with Gasteiger partial charge in [-0.2, -0.15) is 0 Å². The SMILES string of the molecule is COc1ccc(Cl)c(/C(O)=C2\C(=O)C(=O)N(CCN(C)C)C2c2ccc(OC)c(OC(C)=O)c2)c1. The Hall–Kier alpha value is -3.56. The van der Waals surface area contributed by atoms with Gasteiger partial charge in [-0.15, -0.1) is 0 Å². The molecular weight excluding hydrogens is 476 g/mol. The lowest BCUT2D eigenvalue weighted by Crippen LogP contribution is -2.35. The second-order valence-electron chi connectivity index (χ2n) is 8.15. The molecule has 1 saturated heterocycles. The van der Waals surface area contributed by atoms with Gasteiger partial charge in [-0.1, -0.05) is 17.7 Å². The number of rotatable bonds is 8. The molecule has 1 N–H and O–H groups in total. The fraction of sp³-hybridized carbons (Fsp3) is 0.320. The summed E-state index contributed by atoms with van der Waals surface area (Å²) in [6, 6.07) is 8.39. The third-order valence-corrected chi connectivity index (χ3v) is 5.84. The van der Waals surface area contributed by atoms with Crippen molar-refractivity contribution in [1.82, 2.24) is 9.80 Å². The molecule has 2 aromatic rings. The Kier molecular flexibility index (Phi) is 8.03. The molecule has 186 valence electrons. The Morgan fingerprint density at radius 1 is 1.09 bits per heavy atom. The van der Waals surface area contributed by atoms with E-state index in [1.807, 2.05) is 19.0 Å². The fourth-order valence-electron chi connectivity index (χ4n) is 3.82. The lowest BCUT2D eigenvalue weighted by molar-refractivity contribution is -0.140. The van der Waals surface area contributed by atoms with Crippen LogP contribution in [0, 0.1) is 0 Å². The van der Waals surface area contributed by atoms with Gasteiger partial charge < -0.3 is 29.1 Å². The predicted octanol–water partition coefficient (Wildman–Crippen LogP) is 3.27. The second-order valence-corrected chi connectivity index (χ2v) is 8.55. The van der Waals surface area contributed by atoms with Crippen molar-refractivity contribution in [1.29, 1.82) is 0 Å². The second kappa shape index (κ2) is 10.8. The summed E-state index contributed by atoms with van der Waals surface area (Å²) in [5, 5.41) is 11.4. The van der Waals surface area contributed by atoms with Crippen molar-refractivity contribution in [2.75, 3.05) is 41.4 Å². The van der Waals surface area contributed by atoms with Gasteiger partial charge in [-0.3, -0.25) is 14.4 Å². The lowest BCUT2D eigenvalue weighted by atomic mass is 9.95. The molecule has 1 aliphatic heterocycles. The van der Waals surface area contributed by atoms with Gasteiger partial charge in [0, 0.05) is 25.6 Å². The summed E-state index contributed by atoms with van der Waals surface area (Å²) in [6.07, 6.45) is 0. The Morgan fingerprint density at radius 2 is 1.80 bits per heavy atom. The minimum absolute atomic E-state index is 0.120. The van der Waals surface area contributed by atoms with Crippen LogP contribution in [0.1, 0.15) is 24.1 Å². The van der Waals surface area contributed by atoms with Crippen LogP contribution in [0.3, 0.4) is 0 Å². The standard InChI is InChI=1S/C25H27ClN2O7/c1-14(29)35-20-12-15(6-9-19(20)34-5)22-21(24(31)25(32)28(22)11-10-27(2)3)23(30)17-13-16(33-4)7-8-18(17)26/h6-9,12-13,22,30H,10-11H2,1-5H3/b23-21+. The number of aliphatic hydroxyl groups is 1. The largest absolute Gasteiger partial charge is 0.507 e. The number of halogens is 1. The van der Waals surface area contributed by atoms with E-state index in [2.05, 4.69) is 0 Å². The first-order chi connectivity index (χ1) is 16.6. The molecule has 1 heterocycles. The van der Waals surface area contributed by atoms with Crippen LogP contribution in [0.25, 0.3) is 5.76 Å². The number of likely N-dealkylation sites (tertiary alicyclic amines) is 1. The number of esters is 1. The average molecular weight is 503 g/mol. The molecule has 3 rings (SSSR count). The van der Waals surface area contributed by atoms with Gasteiger partial charge in [0.2, 0.25) is 0 Å². The molecule has 0 aromatic heterocycles. The number of hydrogen-bond donors (Lipinski definition) is 1. The summed E-state index contributed by atoms with van der Waals surface area (Å²) in [6.45, 7) is 1.93. The van der Waals surface area contributed by atoms with Crippen molar-refractivity contribution in [2.24, 2.45) is 0 Å². The highest BCUT2D eigenvalue weighted by atomic mass is 35.5. The van der Waals surface area contributed by atoms with E-state index in [9.17, 15) is 19.5 Å². The van der Waals surface area contributed by atoms with Gasteiger partial charge in [-0.25, -0.2) is 0 Å². The third-order valence-electron chi connectivity index (χ3n) is 5.51. The van der Waals surface area contributed by atoms with Crippen LogP contribution in [0.2, 0.25) is 5.02 Å². The maximum absolute atomic E-state index is 13.2. The van der Waals surface area contributed by atoms with Gasteiger partial charge in [0.05, 0.1) is 30.9 Å². The van der Waals surface area contributed by atoms with Gasteiger partial charge in [0.25, 0.3) is 11.7 Å². The van der Waals surface area contributed by atoms with Crippen LogP contribution in [0.5, 0.6) is 17.2 Å². The number of ether oxygens (including phenoxy) is 3. The number of benzene rings is 2.